The summed E-state index contributed by atoms with van der Waals surface area (Å²) in [4.78, 5) is 0. The Kier molecular flexibility index (Phi) is 3.02. The SMILES string of the molecule is CNS(=O)(=O)C1CCC(C)(C)CC1. The molecule has 1 N–H and O–H groups in total. The molecule has 4 heteroatoms. The van der Waals surface area contributed by atoms with Crippen LogP contribution in [0.5, 0.6) is 0 Å². The normalized spacial score (nSPS) is 24.5. The van der Waals surface area contributed by atoms with E-state index in [0.29, 0.717) is 5.41 Å². The molecule has 78 valence electrons. The van der Waals surface area contributed by atoms with Crippen LogP contribution in [0.25, 0.3) is 0 Å². The van der Waals surface area contributed by atoms with Gasteiger partial charge >= 0.3 is 0 Å². The fourth-order valence-corrected chi connectivity index (χ4v) is 3.04. The average Bonchev–Trinajstić information content (AvgIpc) is 2.04. The Bertz CT molecular complexity index is 259. The first-order chi connectivity index (χ1) is 5.87. The van der Waals surface area contributed by atoms with Gasteiger partial charge in [-0.15, -0.1) is 0 Å². The summed E-state index contributed by atoms with van der Waals surface area (Å²) in [6.45, 7) is 4.41. The predicted octanol–water partition coefficient (Wildman–Crippen LogP) is 1.50. The summed E-state index contributed by atoms with van der Waals surface area (Å²) in [5.41, 5.74) is 0.333. The average molecular weight is 205 g/mol. The molecule has 0 atom stereocenters. The fraction of sp³-hybridized carbons (Fsp3) is 1.00. The highest BCUT2D eigenvalue weighted by Gasteiger charge is 2.33. The van der Waals surface area contributed by atoms with E-state index in [1.165, 1.54) is 7.05 Å². The smallest absolute Gasteiger partial charge is 0.214 e. The molecule has 3 nitrogen and oxygen atoms in total. The predicted molar refractivity (Wildman–Crippen MR) is 54.0 cm³/mol. The van der Waals surface area contributed by atoms with Gasteiger partial charge in [-0.25, -0.2) is 13.1 Å². The largest absolute Gasteiger partial charge is 0.218 e. The second-order valence-electron chi connectivity index (χ2n) is 4.61. The third-order valence-electron chi connectivity index (χ3n) is 3.01. The van der Waals surface area contributed by atoms with E-state index in [0.717, 1.165) is 25.7 Å². The zero-order valence-electron chi connectivity index (χ0n) is 8.63. The molecular weight excluding hydrogens is 186 g/mol. The maximum absolute atomic E-state index is 11.5. The van der Waals surface area contributed by atoms with E-state index in [-0.39, 0.29) is 5.25 Å². The van der Waals surface area contributed by atoms with Crippen molar-refractivity contribution in [3.8, 4) is 0 Å². The van der Waals surface area contributed by atoms with Crippen LogP contribution in [0.3, 0.4) is 0 Å². The standard InChI is InChI=1S/C9H19NO2S/c1-9(2)6-4-8(5-7-9)13(11,12)10-3/h8,10H,4-7H2,1-3H3. The van der Waals surface area contributed by atoms with E-state index in [2.05, 4.69) is 18.6 Å². The highest BCUT2D eigenvalue weighted by atomic mass is 32.2. The van der Waals surface area contributed by atoms with Crippen LogP contribution in [0.15, 0.2) is 0 Å². The summed E-state index contributed by atoms with van der Waals surface area (Å²) in [6, 6.07) is 0. The monoisotopic (exact) mass is 205 g/mol. The Morgan fingerprint density at radius 1 is 1.23 bits per heavy atom. The van der Waals surface area contributed by atoms with Gasteiger partial charge in [0.15, 0.2) is 0 Å². The van der Waals surface area contributed by atoms with Gasteiger partial charge in [0.25, 0.3) is 0 Å². The van der Waals surface area contributed by atoms with Gasteiger partial charge in [0.05, 0.1) is 5.25 Å². The Balaban J connectivity index is 2.61. The van der Waals surface area contributed by atoms with Gasteiger partial charge < -0.3 is 0 Å². The molecule has 0 aromatic rings. The molecule has 0 aromatic heterocycles. The second-order valence-corrected chi connectivity index (χ2v) is 6.78. The minimum absolute atomic E-state index is 0.162. The quantitative estimate of drug-likeness (QED) is 0.742. The van der Waals surface area contributed by atoms with E-state index >= 15 is 0 Å². The van der Waals surface area contributed by atoms with Crippen molar-refractivity contribution in [1.82, 2.24) is 4.72 Å². The van der Waals surface area contributed by atoms with E-state index in [1.807, 2.05) is 0 Å². The van der Waals surface area contributed by atoms with Crippen LogP contribution in [0.1, 0.15) is 39.5 Å². The van der Waals surface area contributed by atoms with E-state index in [4.69, 9.17) is 0 Å². The van der Waals surface area contributed by atoms with Gasteiger partial charge in [0.1, 0.15) is 0 Å². The van der Waals surface area contributed by atoms with Crippen molar-refractivity contribution in [2.24, 2.45) is 5.41 Å². The zero-order valence-corrected chi connectivity index (χ0v) is 9.45. The van der Waals surface area contributed by atoms with Crippen LogP contribution < -0.4 is 4.72 Å². The molecule has 0 heterocycles. The molecule has 0 spiro atoms. The Morgan fingerprint density at radius 2 is 1.69 bits per heavy atom. The Labute approximate surface area is 81.0 Å². The lowest BCUT2D eigenvalue weighted by molar-refractivity contribution is 0.245. The molecule has 0 bridgehead atoms. The van der Waals surface area contributed by atoms with Crippen LogP contribution in [-0.4, -0.2) is 20.7 Å². The minimum Gasteiger partial charge on any atom is -0.218 e. The summed E-state index contributed by atoms with van der Waals surface area (Å²) in [5.74, 6) is 0. The number of hydrogen-bond acceptors (Lipinski definition) is 2. The Hall–Kier alpha value is -0.0900. The van der Waals surface area contributed by atoms with Crippen LogP contribution in [0.2, 0.25) is 0 Å². The molecule has 1 rings (SSSR count). The lowest BCUT2D eigenvalue weighted by Crippen LogP contribution is -2.36. The van der Waals surface area contributed by atoms with Crippen molar-refractivity contribution in [3.63, 3.8) is 0 Å². The lowest BCUT2D eigenvalue weighted by Gasteiger charge is -2.33. The molecule has 0 radical (unpaired) electrons. The second kappa shape index (κ2) is 3.58. The molecular formula is C9H19NO2S. The van der Waals surface area contributed by atoms with Crippen LogP contribution in [0, 0.1) is 5.41 Å². The number of hydrogen-bond donors (Lipinski definition) is 1. The van der Waals surface area contributed by atoms with Crippen molar-refractivity contribution in [1.29, 1.82) is 0 Å². The van der Waals surface area contributed by atoms with Crippen molar-refractivity contribution in [3.05, 3.63) is 0 Å². The molecule has 0 amide bonds. The van der Waals surface area contributed by atoms with Gasteiger partial charge in [-0.2, -0.15) is 0 Å². The highest BCUT2D eigenvalue weighted by molar-refractivity contribution is 7.90. The third-order valence-corrected chi connectivity index (χ3v) is 4.93. The summed E-state index contributed by atoms with van der Waals surface area (Å²) in [5, 5.41) is -0.162. The van der Waals surface area contributed by atoms with Gasteiger partial charge in [-0.05, 0) is 38.1 Å². The first-order valence-electron chi connectivity index (χ1n) is 4.80. The third kappa shape index (κ3) is 2.68. The first kappa shape index (κ1) is 11.0. The summed E-state index contributed by atoms with van der Waals surface area (Å²) >= 11 is 0. The van der Waals surface area contributed by atoms with Gasteiger partial charge in [0, 0.05) is 0 Å². The van der Waals surface area contributed by atoms with Crippen LogP contribution >= 0.6 is 0 Å². The van der Waals surface area contributed by atoms with E-state index < -0.39 is 10.0 Å². The van der Waals surface area contributed by atoms with Crippen molar-refractivity contribution in [2.45, 2.75) is 44.8 Å². The van der Waals surface area contributed by atoms with Gasteiger partial charge in [-0.3, -0.25) is 0 Å². The summed E-state index contributed by atoms with van der Waals surface area (Å²) in [6.07, 6.45) is 3.63. The number of rotatable bonds is 2. The molecule has 1 saturated carbocycles. The molecule has 0 unspecified atom stereocenters. The van der Waals surface area contributed by atoms with Crippen molar-refractivity contribution in [2.75, 3.05) is 7.05 Å². The topological polar surface area (TPSA) is 46.2 Å². The molecule has 0 saturated heterocycles. The highest BCUT2D eigenvalue weighted by Crippen LogP contribution is 2.37. The molecule has 1 fully saturated rings. The molecule has 13 heavy (non-hydrogen) atoms. The first-order valence-corrected chi connectivity index (χ1v) is 6.34. The maximum atomic E-state index is 11.5. The van der Waals surface area contributed by atoms with Gasteiger partial charge in [0.2, 0.25) is 10.0 Å². The van der Waals surface area contributed by atoms with Crippen molar-refractivity contribution < 1.29 is 8.42 Å². The number of nitrogens with one attached hydrogen (secondary N) is 1. The molecule has 0 aromatic carbocycles. The summed E-state index contributed by atoms with van der Waals surface area (Å²) in [7, 11) is -1.53. The summed E-state index contributed by atoms with van der Waals surface area (Å²) < 4.78 is 25.3. The van der Waals surface area contributed by atoms with E-state index in [9.17, 15) is 8.42 Å². The molecule has 1 aliphatic carbocycles. The van der Waals surface area contributed by atoms with Gasteiger partial charge in [-0.1, -0.05) is 13.8 Å². The maximum Gasteiger partial charge on any atom is 0.214 e. The lowest BCUT2D eigenvalue weighted by atomic mass is 9.77. The van der Waals surface area contributed by atoms with Crippen molar-refractivity contribution >= 4 is 10.0 Å². The van der Waals surface area contributed by atoms with E-state index in [1.54, 1.807) is 0 Å². The fourth-order valence-electron chi connectivity index (χ4n) is 1.85. The zero-order chi connectivity index (χ0) is 10.1. The van der Waals surface area contributed by atoms with Crippen LogP contribution in [0.4, 0.5) is 0 Å². The van der Waals surface area contributed by atoms with Crippen LogP contribution in [-0.2, 0) is 10.0 Å². The Morgan fingerprint density at radius 3 is 2.08 bits per heavy atom. The minimum atomic E-state index is -3.02. The molecule has 0 aliphatic heterocycles. The number of sulfonamides is 1. The molecule has 1 aliphatic rings.